The number of hydrogen-bond acceptors (Lipinski definition) is 0. The molecule has 1 fully saturated rings. The summed E-state index contributed by atoms with van der Waals surface area (Å²) in [5, 5.41) is 0. The van der Waals surface area contributed by atoms with Crippen LogP contribution in [0.2, 0.25) is 0 Å². The van der Waals surface area contributed by atoms with Gasteiger partial charge in [0.15, 0.2) is 0 Å². The molecular formula is C9H7F2K. The van der Waals surface area contributed by atoms with Gasteiger partial charge in [0.2, 0.25) is 0 Å². The second kappa shape index (κ2) is 4.29. The third-order valence-corrected chi connectivity index (χ3v) is 1.83. The molecule has 0 bridgehead atoms. The van der Waals surface area contributed by atoms with Crippen LogP contribution < -0.4 is 51.4 Å². The van der Waals surface area contributed by atoms with Crippen LogP contribution in [-0.2, 0) is 0 Å². The van der Waals surface area contributed by atoms with Crippen molar-refractivity contribution in [2.45, 2.75) is 12.3 Å². The van der Waals surface area contributed by atoms with E-state index in [0.29, 0.717) is 5.56 Å². The van der Waals surface area contributed by atoms with E-state index < -0.39 is 11.6 Å². The molecule has 1 aromatic carbocycles. The maximum absolute atomic E-state index is 12.9. The van der Waals surface area contributed by atoms with Crippen molar-refractivity contribution >= 4 is 0 Å². The van der Waals surface area contributed by atoms with Gasteiger partial charge in [-0.2, -0.15) is 12.3 Å². The Balaban J connectivity index is 0.000000720. The van der Waals surface area contributed by atoms with Gasteiger partial charge in [-0.15, -0.1) is 0 Å². The maximum Gasteiger partial charge on any atom is 1.00 e. The Morgan fingerprint density at radius 1 is 1.33 bits per heavy atom. The van der Waals surface area contributed by atoms with Gasteiger partial charge in [0, 0.05) is 6.07 Å². The van der Waals surface area contributed by atoms with Crippen LogP contribution in [-0.4, -0.2) is 0 Å². The Morgan fingerprint density at radius 2 is 2.00 bits per heavy atom. The van der Waals surface area contributed by atoms with Crippen LogP contribution in [0.5, 0.6) is 0 Å². The van der Waals surface area contributed by atoms with Crippen molar-refractivity contribution in [2.24, 2.45) is 0 Å². The molecule has 1 aromatic rings. The summed E-state index contributed by atoms with van der Waals surface area (Å²) in [6, 6.07) is 3.74. The summed E-state index contributed by atoms with van der Waals surface area (Å²) < 4.78 is 25.3. The first kappa shape index (κ1) is 10.8. The molecule has 58 valence electrons. The molecular weight excluding hydrogens is 185 g/mol. The molecule has 0 unspecified atom stereocenters. The van der Waals surface area contributed by atoms with E-state index in [0.717, 1.165) is 12.5 Å². The molecule has 12 heavy (non-hydrogen) atoms. The normalized spacial score (nSPS) is 20.0. The Hall–Kier alpha value is 0.716. The van der Waals surface area contributed by atoms with E-state index in [1.807, 2.05) is 6.42 Å². The zero-order valence-electron chi connectivity index (χ0n) is 6.85. The summed E-state index contributed by atoms with van der Waals surface area (Å²) in [6.45, 7) is 0. The van der Waals surface area contributed by atoms with Crippen LogP contribution in [0.25, 0.3) is 0 Å². The quantitative estimate of drug-likeness (QED) is 0.422. The predicted molar refractivity (Wildman–Crippen MR) is 38.0 cm³/mol. The van der Waals surface area contributed by atoms with Gasteiger partial charge in [0.05, 0.1) is 0 Å². The second-order valence-corrected chi connectivity index (χ2v) is 2.74. The summed E-state index contributed by atoms with van der Waals surface area (Å²) in [5.74, 6) is -0.703. The molecule has 1 aliphatic rings. The molecule has 0 aliphatic heterocycles. The van der Waals surface area contributed by atoms with E-state index >= 15 is 0 Å². The van der Waals surface area contributed by atoms with E-state index in [2.05, 4.69) is 0 Å². The molecule has 0 saturated heterocycles. The second-order valence-electron chi connectivity index (χ2n) is 2.74. The van der Waals surface area contributed by atoms with Crippen LogP contribution in [0.15, 0.2) is 18.2 Å². The van der Waals surface area contributed by atoms with Crippen LogP contribution in [0, 0.1) is 18.1 Å². The molecule has 0 nitrogen and oxygen atoms in total. The van der Waals surface area contributed by atoms with Crippen molar-refractivity contribution in [3.05, 3.63) is 41.8 Å². The van der Waals surface area contributed by atoms with Gasteiger partial charge in [0.1, 0.15) is 11.6 Å². The Labute approximate surface area is 113 Å². The number of hydrogen-bond donors (Lipinski definition) is 0. The minimum absolute atomic E-state index is 0. The molecule has 1 aliphatic carbocycles. The Bertz CT molecular complexity index is 282. The Morgan fingerprint density at radius 3 is 2.50 bits per heavy atom. The SMILES string of the molecule is Fc1ccc([C@@H]2[CH-]C2)c(F)c1.[K+]. The molecule has 0 aromatic heterocycles. The smallest absolute Gasteiger partial charge is 0.325 e. The topological polar surface area (TPSA) is 0 Å². The molecule has 0 amide bonds. The molecule has 1 atom stereocenters. The van der Waals surface area contributed by atoms with Crippen LogP contribution in [0.1, 0.15) is 17.9 Å². The number of benzene rings is 1. The van der Waals surface area contributed by atoms with Gasteiger partial charge in [-0.25, -0.2) is 8.78 Å². The maximum atomic E-state index is 12.9. The molecule has 0 spiro atoms. The molecule has 3 heteroatoms. The van der Waals surface area contributed by atoms with Crippen molar-refractivity contribution in [1.82, 2.24) is 0 Å². The van der Waals surface area contributed by atoms with E-state index in [4.69, 9.17) is 0 Å². The summed E-state index contributed by atoms with van der Waals surface area (Å²) in [5.41, 5.74) is 0.617. The third kappa shape index (κ3) is 2.36. The molecule has 0 heterocycles. The zero-order chi connectivity index (χ0) is 7.84. The average Bonchev–Trinajstić information content (AvgIpc) is 2.70. The van der Waals surface area contributed by atoms with Gasteiger partial charge in [-0.1, -0.05) is 6.07 Å². The van der Waals surface area contributed by atoms with E-state index in [1.165, 1.54) is 12.1 Å². The first-order valence-electron chi connectivity index (χ1n) is 3.55. The minimum Gasteiger partial charge on any atom is -0.325 e. The molecule has 2 rings (SSSR count). The van der Waals surface area contributed by atoms with Gasteiger partial charge in [-0.05, 0) is 11.6 Å². The van der Waals surface area contributed by atoms with Crippen LogP contribution in [0.3, 0.4) is 0 Å². The van der Waals surface area contributed by atoms with E-state index in [9.17, 15) is 8.78 Å². The summed E-state index contributed by atoms with van der Waals surface area (Å²) in [7, 11) is 0. The summed E-state index contributed by atoms with van der Waals surface area (Å²) in [4.78, 5) is 0. The van der Waals surface area contributed by atoms with Crippen molar-refractivity contribution in [1.29, 1.82) is 0 Å². The van der Waals surface area contributed by atoms with Crippen LogP contribution in [0.4, 0.5) is 8.78 Å². The van der Waals surface area contributed by atoms with Crippen molar-refractivity contribution in [3.63, 3.8) is 0 Å². The van der Waals surface area contributed by atoms with Gasteiger partial charge < -0.3 is 6.42 Å². The molecule has 0 radical (unpaired) electrons. The summed E-state index contributed by atoms with van der Waals surface area (Å²) >= 11 is 0. The fourth-order valence-corrected chi connectivity index (χ4v) is 1.12. The van der Waals surface area contributed by atoms with E-state index in [1.54, 1.807) is 0 Å². The van der Waals surface area contributed by atoms with Crippen LogP contribution >= 0.6 is 0 Å². The standard InChI is InChI=1S/C9H7F2.K/c10-7-3-4-8(6-1-2-6)9(11)5-7;/h1,3-6H,2H2;/q-1;+1/t6-;/m1./s1. The first-order chi connectivity index (χ1) is 5.27. The molecule has 1 saturated carbocycles. The first-order valence-corrected chi connectivity index (χ1v) is 3.55. The van der Waals surface area contributed by atoms with Gasteiger partial charge in [0.25, 0.3) is 0 Å². The number of halogens is 2. The average molecular weight is 192 g/mol. The minimum atomic E-state index is -0.508. The van der Waals surface area contributed by atoms with Crippen molar-refractivity contribution in [2.75, 3.05) is 0 Å². The third-order valence-electron chi connectivity index (χ3n) is 1.83. The largest absolute Gasteiger partial charge is 1.00 e. The van der Waals surface area contributed by atoms with Crippen molar-refractivity contribution in [3.8, 4) is 0 Å². The van der Waals surface area contributed by atoms with E-state index in [-0.39, 0.29) is 57.3 Å². The predicted octanol–water partition coefficient (Wildman–Crippen LogP) is -0.340. The monoisotopic (exact) mass is 192 g/mol. The number of rotatable bonds is 1. The zero-order valence-corrected chi connectivity index (χ0v) is 9.97. The van der Waals surface area contributed by atoms with Crippen molar-refractivity contribution < 1.29 is 60.2 Å². The Kier molecular flexibility index (Phi) is 3.86. The fraction of sp³-hybridized carbons (Fsp3) is 0.222. The summed E-state index contributed by atoms with van der Waals surface area (Å²) in [6.07, 6.45) is 2.92. The fourth-order valence-electron chi connectivity index (χ4n) is 1.12. The molecule has 0 N–H and O–H groups in total. The van der Waals surface area contributed by atoms with Gasteiger partial charge >= 0.3 is 51.4 Å². The van der Waals surface area contributed by atoms with Gasteiger partial charge in [-0.3, -0.25) is 0 Å².